The van der Waals surface area contributed by atoms with Gasteiger partial charge in [0.05, 0.1) is 18.0 Å². The third-order valence-corrected chi connectivity index (χ3v) is 5.57. The Balaban J connectivity index is 0.00000784. The summed E-state index contributed by atoms with van der Waals surface area (Å²) in [6.07, 6.45) is 3.56. The fraction of sp³-hybridized carbons (Fsp3) is 0.650. The lowest BCUT2D eigenvalue weighted by molar-refractivity contribution is 0.204. The maximum atomic E-state index is 12.2. The molecule has 7 nitrogen and oxygen atoms in total. The second-order valence-electron chi connectivity index (χ2n) is 7.05. The quantitative estimate of drug-likeness (QED) is 0.155. The first-order valence-electron chi connectivity index (χ1n) is 9.98. The van der Waals surface area contributed by atoms with E-state index in [4.69, 9.17) is 4.74 Å². The molecule has 0 saturated heterocycles. The van der Waals surface area contributed by atoms with E-state index in [0.29, 0.717) is 13.2 Å². The lowest BCUT2D eigenvalue weighted by atomic mass is 10.1. The zero-order valence-electron chi connectivity index (χ0n) is 18.0. The van der Waals surface area contributed by atoms with Gasteiger partial charge in [0.2, 0.25) is 10.0 Å². The third-order valence-electron chi connectivity index (χ3n) is 4.10. The van der Waals surface area contributed by atoms with Gasteiger partial charge in [-0.3, -0.25) is 0 Å². The Morgan fingerprint density at radius 1 is 1.10 bits per heavy atom. The molecule has 0 radical (unpaired) electrons. The molecular formula is C20H37IN4O3S. The number of methoxy groups -OCH3 is 1. The van der Waals surface area contributed by atoms with E-state index in [1.54, 1.807) is 24.3 Å². The fourth-order valence-corrected chi connectivity index (χ4v) is 3.55. The van der Waals surface area contributed by atoms with Gasteiger partial charge >= 0.3 is 0 Å². The zero-order chi connectivity index (χ0) is 20.8. The van der Waals surface area contributed by atoms with Crippen molar-refractivity contribution in [1.29, 1.82) is 0 Å². The number of halogens is 1. The molecule has 0 fully saturated rings. The Morgan fingerprint density at radius 3 is 2.38 bits per heavy atom. The van der Waals surface area contributed by atoms with Gasteiger partial charge in [0.25, 0.3) is 0 Å². The van der Waals surface area contributed by atoms with Crippen molar-refractivity contribution in [2.75, 3.05) is 33.4 Å². The maximum absolute atomic E-state index is 12.2. The van der Waals surface area contributed by atoms with E-state index in [9.17, 15) is 8.42 Å². The number of hydrogen-bond acceptors (Lipinski definition) is 4. The molecule has 9 heteroatoms. The van der Waals surface area contributed by atoms with Gasteiger partial charge in [-0.05, 0) is 37.0 Å². The molecule has 3 N–H and O–H groups in total. The Kier molecular flexibility index (Phi) is 15.4. The molecule has 0 spiro atoms. The summed E-state index contributed by atoms with van der Waals surface area (Å²) in [7, 11) is -1.97. The molecule has 0 bridgehead atoms. The molecule has 1 aromatic carbocycles. The summed E-state index contributed by atoms with van der Waals surface area (Å²) in [4.78, 5) is 4.82. The van der Waals surface area contributed by atoms with Gasteiger partial charge in [0, 0.05) is 26.7 Å². The molecule has 0 aromatic heterocycles. The van der Waals surface area contributed by atoms with E-state index in [1.807, 2.05) is 6.92 Å². The number of nitrogens with one attached hydrogen (secondary N) is 3. The predicted octanol–water partition coefficient (Wildman–Crippen LogP) is 3.11. The van der Waals surface area contributed by atoms with Crippen LogP contribution in [0.25, 0.3) is 0 Å². The van der Waals surface area contributed by atoms with Crippen molar-refractivity contribution in [2.45, 2.75) is 51.5 Å². The summed E-state index contributed by atoms with van der Waals surface area (Å²) in [5.41, 5.74) is 0.952. The first kappa shape index (κ1) is 28.1. The number of sulfonamides is 1. The Labute approximate surface area is 193 Å². The molecule has 29 heavy (non-hydrogen) atoms. The summed E-state index contributed by atoms with van der Waals surface area (Å²) in [6, 6.07) is 6.79. The number of nitrogens with zero attached hydrogens (tertiary/aromatic N) is 1. The fourth-order valence-electron chi connectivity index (χ4n) is 2.53. The SMILES string of the molecule is CCNC(=NCc1ccc(S(=O)(=O)NCCOC)cc1)NCCCCC(C)C.I. The minimum Gasteiger partial charge on any atom is -0.383 e. The Hall–Kier alpha value is -0.910. The summed E-state index contributed by atoms with van der Waals surface area (Å²) < 4.78 is 31.7. The Morgan fingerprint density at radius 2 is 1.79 bits per heavy atom. The number of hydrogen-bond donors (Lipinski definition) is 3. The second-order valence-corrected chi connectivity index (χ2v) is 8.81. The number of ether oxygens (including phenoxy) is 1. The van der Waals surface area contributed by atoms with Crippen LogP contribution in [0.15, 0.2) is 34.2 Å². The third kappa shape index (κ3) is 12.4. The van der Waals surface area contributed by atoms with Crippen LogP contribution in [0.5, 0.6) is 0 Å². The average molecular weight is 541 g/mol. The van der Waals surface area contributed by atoms with E-state index in [-0.39, 0.29) is 35.4 Å². The standard InChI is InChI=1S/C20H36N4O3S.HI/c1-5-21-20(22-13-7-6-8-17(2)3)23-16-18-9-11-19(12-10-18)28(25,26)24-14-15-27-4;/h9-12,17,24H,5-8,13-16H2,1-4H3,(H2,21,22,23);1H. The summed E-state index contributed by atoms with van der Waals surface area (Å²) >= 11 is 0. The molecule has 1 aromatic rings. The highest BCUT2D eigenvalue weighted by Gasteiger charge is 2.12. The van der Waals surface area contributed by atoms with Crippen LogP contribution in [-0.4, -0.2) is 47.7 Å². The van der Waals surface area contributed by atoms with Crippen molar-refractivity contribution < 1.29 is 13.2 Å². The summed E-state index contributed by atoms with van der Waals surface area (Å²) in [6.45, 7) is 9.27. The summed E-state index contributed by atoms with van der Waals surface area (Å²) in [5.74, 6) is 1.52. The van der Waals surface area contributed by atoms with Crippen molar-refractivity contribution in [1.82, 2.24) is 15.4 Å². The van der Waals surface area contributed by atoms with Crippen molar-refractivity contribution >= 4 is 40.0 Å². The molecule has 0 heterocycles. The minimum atomic E-state index is -3.50. The smallest absolute Gasteiger partial charge is 0.240 e. The average Bonchev–Trinajstić information content (AvgIpc) is 2.66. The van der Waals surface area contributed by atoms with Crippen LogP contribution in [0.4, 0.5) is 0 Å². The minimum absolute atomic E-state index is 0. The van der Waals surface area contributed by atoms with Gasteiger partial charge in [-0.1, -0.05) is 38.8 Å². The van der Waals surface area contributed by atoms with Crippen LogP contribution in [0.1, 0.15) is 45.6 Å². The molecule has 0 aliphatic heterocycles. The van der Waals surface area contributed by atoms with Crippen LogP contribution >= 0.6 is 24.0 Å². The molecule has 0 unspecified atom stereocenters. The highest BCUT2D eigenvalue weighted by Crippen LogP contribution is 2.11. The number of aliphatic imine (C=N–C) groups is 1. The molecule has 1 rings (SSSR count). The number of guanidine groups is 1. The van der Waals surface area contributed by atoms with Gasteiger partial charge in [-0.25, -0.2) is 18.1 Å². The molecule has 0 atom stereocenters. The van der Waals surface area contributed by atoms with Crippen LogP contribution in [0.2, 0.25) is 0 Å². The normalized spacial score (nSPS) is 12.0. The number of rotatable bonds is 13. The van der Waals surface area contributed by atoms with E-state index < -0.39 is 10.0 Å². The monoisotopic (exact) mass is 540 g/mol. The van der Waals surface area contributed by atoms with Gasteiger partial charge in [0.1, 0.15) is 0 Å². The second kappa shape index (κ2) is 15.9. The number of unbranched alkanes of at least 4 members (excludes halogenated alkanes) is 1. The van der Waals surface area contributed by atoms with Gasteiger partial charge < -0.3 is 15.4 Å². The first-order chi connectivity index (χ1) is 13.4. The van der Waals surface area contributed by atoms with E-state index in [2.05, 4.69) is 34.2 Å². The Bertz CT molecular complexity index is 679. The lowest BCUT2D eigenvalue weighted by Crippen LogP contribution is -2.37. The predicted molar refractivity (Wildman–Crippen MR) is 130 cm³/mol. The zero-order valence-corrected chi connectivity index (χ0v) is 21.2. The first-order valence-corrected chi connectivity index (χ1v) is 11.5. The highest BCUT2D eigenvalue weighted by molar-refractivity contribution is 14.0. The van der Waals surface area contributed by atoms with Crippen molar-refractivity contribution in [3.05, 3.63) is 29.8 Å². The van der Waals surface area contributed by atoms with Crippen molar-refractivity contribution in [3.63, 3.8) is 0 Å². The van der Waals surface area contributed by atoms with Crippen molar-refractivity contribution in [3.8, 4) is 0 Å². The van der Waals surface area contributed by atoms with E-state index >= 15 is 0 Å². The molecule has 0 aliphatic rings. The molecule has 0 amide bonds. The largest absolute Gasteiger partial charge is 0.383 e. The molecule has 0 aliphatic carbocycles. The van der Waals surface area contributed by atoms with Crippen LogP contribution in [0.3, 0.4) is 0 Å². The maximum Gasteiger partial charge on any atom is 0.240 e. The van der Waals surface area contributed by atoms with Crippen LogP contribution in [-0.2, 0) is 21.3 Å². The van der Waals surface area contributed by atoms with Gasteiger partial charge in [0.15, 0.2) is 5.96 Å². The van der Waals surface area contributed by atoms with Gasteiger partial charge in [-0.15, -0.1) is 24.0 Å². The molecule has 168 valence electrons. The van der Waals surface area contributed by atoms with E-state index in [1.165, 1.54) is 20.0 Å². The van der Waals surface area contributed by atoms with Crippen LogP contribution in [0, 0.1) is 5.92 Å². The van der Waals surface area contributed by atoms with Gasteiger partial charge in [-0.2, -0.15) is 0 Å². The summed E-state index contributed by atoms with van der Waals surface area (Å²) in [5, 5.41) is 6.59. The highest BCUT2D eigenvalue weighted by atomic mass is 127. The van der Waals surface area contributed by atoms with Crippen molar-refractivity contribution in [2.24, 2.45) is 10.9 Å². The topological polar surface area (TPSA) is 91.8 Å². The lowest BCUT2D eigenvalue weighted by Gasteiger charge is -2.12. The van der Waals surface area contributed by atoms with E-state index in [0.717, 1.165) is 37.0 Å². The van der Waals surface area contributed by atoms with Crippen LogP contribution < -0.4 is 15.4 Å². The molecule has 0 saturated carbocycles. The molecular weight excluding hydrogens is 503 g/mol. The number of benzene rings is 1.